The van der Waals surface area contributed by atoms with Crippen LogP contribution in [0.15, 0.2) is 40.6 Å². The molecule has 2 nitrogen and oxygen atoms in total. The number of hydrogen-bond acceptors (Lipinski definition) is 3. The van der Waals surface area contributed by atoms with Crippen LogP contribution >= 0.6 is 23.1 Å². The molecule has 22 heavy (non-hydrogen) atoms. The lowest BCUT2D eigenvalue weighted by Crippen LogP contribution is -2.30. The summed E-state index contributed by atoms with van der Waals surface area (Å²) in [4.78, 5) is 14.1. The molecule has 0 saturated carbocycles. The second kappa shape index (κ2) is 7.29. The smallest absolute Gasteiger partial charge is 0.220 e. The highest BCUT2D eigenvalue weighted by Crippen LogP contribution is 2.37. The first-order valence-corrected chi connectivity index (χ1v) is 9.33. The molecule has 1 N–H and O–H groups in total. The van der Waals surface area contributed by atoms with E-state index >= 15 is 0 Å². The minimum atomic E-state index is -0.181. The largest absolute Gasteiger partial charge is 0.349 e. The van der Waals surface area contributed by atoms with Crippen LogP contribution in [0.4, 0.5) is 4.39 Å². The third-order valence-electron chi connectivity index (χ3n) is 3.77. The Kier molecular flexibility index (Phi) is 5.16. The molecule has 1 amide bonds. The van der Waals surface area contributed by atoms with Crippen molar-refractivity contribution in [2.45, 2.75) is 36.6 Å². The number of fused-ring (bicyclic) bond motifs is 1. The minimum absolute atomic E-state index is 0.0545. The number of amides is 1. The van der Waals surface area contributed by atoms with E-state index in [4.69, 9.17) is 0 Å². The summed E-state index contributed by atoms with van der Waals surface area (Å²) in [6, 6.07) is 9.19. The highest BCUT2D eigenvalue weighted by Gasteiger charge is 2.24. The van der Waals surface area contributed by atoms with E-state index in [1.807, 2.05) is 12.1 Å². The van der Waals surface area contributed by atoms with Crippen LogP contribution in [0.25, 0.3) is 0 Å². The molecule has 0 spiro atoms. The van der Waals surface area contributed by atoms with Crippen molar-refractivity contribution in [3.8, 4) is 0 Å². The van der Waals surface area contributed by atoms with Crippen molar-refractivity contribution in [3.63, 3.8) is 0 Å². The lowest BCUT2D eigenvalue weighted by molar-refractivity contribution is -0.122. The van der Waals surface area contributed by atoms with Crippen LogP contribution in [0.2, 0.25) is 0 Å². The zero-order chi connectivity index (χ0) is 15.4. The molecule has 1 unspecified atom stereocenters. The number of thiophene rings is 1. The van der Waals surface area contributed by atoms with Gasteiger partial charge < -0.3 is 5.32 Å². The topological polar surface area (TPSA) is 29.1 Å². The summed E-state index contributed by atoms with van der Waals surface area (Å²) >= 11 is 3.26. The van der Waals surface area contributed by atoms with Gasteiger partial charge in [-0.25, -0.2) is 4.39 Å². The van der Waals surface area contributed by atoms with E-state index in [1.54, 1.807) is 17.4 Å². The Morgan fingerprint density at radius 2 is 2.23 bits per heavy atom. The Morgan fingerprint density at radius 3 is 3.05 bits per heavy atom. The van der Waals surface area contributed by atoms with Crippen LogP contribution in [0.5, 0.6) is 0 Å². The normalized spacial score (nSPS) is 17.0. The number of nitrogens with one attached hydrogen (secondary N) is 1. The third-order valence-corrected chi connectivity index (χ3v) is 5.86. The second-order valence-electron chi connectivity index (χ2n) is 5.35. The Balaban J connectivity index is 1.55. The zero-order valence-corrected chi connectivity index (χ0v) is 13.8. The Bertz CT molecular complexity index is 642. The fourth-order valence-corrected chi connectivity index (χ4v) is 4.57. The molecule has 0 bridgehead atoms. The average molecular weight is 335 g/mol. The SMILES string of the molecule is O=C(CCCc1cccs1)NC1CCSc2c(F)cccc21. The molecule has 3 rings (SSSR count). The van der Waals surface area contributed by atoms with Gasteiger partial charge in [0.25, 0.3) is 0 Å². The predicted octanol–water partition coefficient (Wildman–Crippen LogP) is 4.56. The number of carbonyl (C=O) groups excluding carboxylic acids is 1. The molecule has 116 valence electrons. The molecule has 1 atom stereocenters. The maximum Gasteiger partial charge on any atom is 0.220 e. The van der Waals surface area contributed by atoms with Crippen molar-refractivity contribution in [1.29, 1.82) is 0 Å². The summed E-state index contributed by atoms with van der Waals surface area (Å²) in [5.41, 5.74) is 0.919. The number of carbonyl (C=O) groups is 1. The molecule has 0 fully saturated rings. The average Bonchev–Trinajstić information content (AvgIpc) is 3.02. The number of rotatable bonds is 5. The van der Waals surface area contributed by atoms with E-state index in [1.165, 1.54) is 22.7 Å². The van der Waals surface area contributed by atoms with Crippen molar-refractivity contribution >= 4 is 29.0 Å². The van der Waals surface area contributed by atoms with Gasteiger partial charge in [0, 0.05) is 21.9 Å². The van der Waals surface area contributed by atoms with Gasteiger partial charge in [0.15, 0.2) is 0 Å². The van der Waals surface area contributed by atoms with Gasteiger partial charge in [-0.05, 0) is 42.3 Å². The van der Waals surface area contributed by atoms with Crippen LogP contribution in [0.1, 0.15) is 35.7 Å². The highest BCUT2D eigenvalue weighted by molar-refractivity contribution is 7.99. The first-order valence-electron chi connectivity index (χ1n) is 7.47. The molecule has 0 aliphatic carbocycles. The standard InChI is InChI=1S/C17H18FNOS2/c18-14-7-2-6-13-15(9-11-22-17(13)14)19-16(20)8-1-4-12-5-3-10-21-12/h2-3,5-7,10,15H,1,4,8-9,11H2,(H,19,20). The number of thioether (sulfide) groups is 1. The highest BCUT2D eigenvalue weighted by atomic mass is 32.2. The molecule has 0 saturated heterocycles. The molecule has 1 aliphatic heterocycles. The van der Waals surface area contributed by atoms with Crippen molar-refractivity contribution < 1.29 is 9.18 Å². The maximum atomic E-state index is 13.8. The predicted molar refractivity (Wildman–Crippen MR) is 89.9 cm³/mol. The molecule has 2 heterocycles. The Morgan fingerprint density at radius 1 is 1.32 bits per heavy atom. The van der Waals surface area contributed by atoms with Crippen molar-refractivity contribution in [1.82, 2.24) is 5.32 Å². The summed E-state index contributed by atoms with van der Waals surface area (Å²) < 4.78 is 13.8. The number of halogens is 1. The van der Waals surface area contributed by atoms with Gasteiger partial charge in [-0.1, -0.05) is 18.2 Å². The first kappa shape index (κ1) is 15.6. The van der Waals surface area contributed by atoms with E-state index in [-0.39, 0.29) is 17.8 Å². The van der Waals surface area contributed by atoms with Crippen molar-refractivity contribution in [2.24, 2.45) is 0 Å². The fourth-order valence-electron chi connectivity index (χ4n) is 2.68. The molecule has 1 aliphatic rings. The summed E-state index contributed by atoms with van der Waals surface area (Å²) in [7, 11) is 0. The van der Waals surface area contributed by atoms with Gasteiger partial charge in [0.05, 0.1) is 6.04 Å². The Hall–Kier alpha value is -1.33. The molecule has 0 radical (unpaired) electrons. The van der Waals surface area contributed by atoms with Crippen LogP contribution in [-0.2, 0) is 11.2 Å². The van der Waals surface area contributed by atoms with Crippen LogP contribution < -0.4 is 5.32 Å². The molecular weight excluding hydrogens is 317 g/mol. The van der Waals surface area contributed by atoms with Gasteiger partial charge in [-0.2, -0.15) is 0 Å². The fraction of sp³-hybridized carbons (Fsp3) is 0.353. The zero-order valence-electron chi connectivity index (χ0n) is 12.2. The molecule has 1 aromatic carbocycles. The van der Waals surface area contributed by atoms with Gasteiger partial charge in [0.2, 0.25) is 5.91 Å². The summed E-state index contributed by atoms with van der Waals surface area (Å²) in [6.45, 7) is 0. The molecular formula is C17H18FNOS2. The van der Waals surface area contributed by atoms with Crippen molar-refractivity contribution in [2.75, 3.05) is 5.75 Å². The van der Waals surface area contributed by atoms with Crippen molar-refractivity contribution in [3.05, 3.63) is 52.0 Å². The van der Waals surface area contributed by atoms with E-state index in [2.05, 4.69) is 16.8 Å². The van der Waals surface area contributed by atoms with Gasteiger partial charge in [-0.3, -0.25) is 4.79 Å². The molecule has 2 aromatic rings. The number of aryl methyl sites for hydroxylation is 1. The second-order valence-corrected chi connectivity index (χ2v) is 7.49. The monoisotopic (exact) mass is 335 g/mol. The molecule has 5 heteroatoms. The summed E-state index contributed by atoms with van der Waals surface area (Å²) in [6.07, 6.45) is 3.17. The van der Waals surface area contributed by atoms with E-state index < -0.39 is 0 Å². The van der Waals surface area contributed by atoms with Gasteiger partial charge >= 0.3 is 0 Å². The van der Waals surface area contributed by atoms with E-state index in [0.29, 0.717) is 11.3 Å². The lowest BCUT2D eigenvalue weighted by atomic mass is 10.0. The summed E-state index contributed by atoms with van der Waals surface area (Å²) in [5.74, 6) is 0.719. The number of hydrogen-bond donors (Lipinski definition) is 1. The summed E-state index contributed by atoms with van der Waals surface area (Å²) in [5, 5.41) is 5.12. The first-order chi connectivity index (χ1) is 10.7. The van der Waals surface area contributed by atoms with Gasteiger partial charge in [-0.15, -0.1) is 23.1 Å². The van der Waals surface area contributed by atoms with Crippen LogP contribution in [-0.4, -0.2) is 11.7 Å². The molecule has 1 aromatic heterocycles. The number of benzene rings is 1. The lowest BCUT2D eigenvalue weighted by Gasteiger charge is -2.26. The van der Waals surface area contributed by atoms with E-state index in [0.717, 1.165) is 30.6 Å². The quantitative estimate of drug-likeness (QED) is 0.867. The maximum absolute atomic E-state index is 13.8. The van der Waals surface area contributed by atoms with Crippen LogP contribution in [0.3, 0.4) is 0 Å². The minimum Gasteiger partial charge on any atom is -0.349 e. The Labute approximate surface area is 138 Å². The van der Waals surface area contributed by atoms with Gasteiger partial charge in [0.1, 0.15) is 5.82 Å². The van der Waals surface area contributed by atoms with E-state index in [9.17, 15) is 9.18 Å². The third kappa shape index (κ3) is 3.70. The van der Waals surface area contributed by atoms with Crippen LogP contribution in [0, 0.1) is 5.82 Å².